The molecule has 0 fully saturated rings. The lowest BCUT2D eigenvalue weighted by Crippen LogP contribution is -2.25. The maximum absolute atomic E-state index is 12.6. The van der Waals surface area contributed by atoms with E-state index >= 15 is 0 Å². The maximum atomic E-state index is 12.6. The van der Waals surface area contributed by atoms with Gasteiger partial charge in [-0.1, -0.05) is 12.8 Å². The second kappa shape index (κ2) is 14.7. The number of benzene rings is 2. The monoisotopic (exact) mass is 567 g/mol. The molecule has 13 heteroatoms. The highest BCUT2D eigenvalue weighted by Gasteiger charge is 2.13. The van der Waals surface area contributed by atoms with Crippen LogP contribution in [-0.2, 0) is 14.8 Å². The Morgan fingerprint density at radius 1 is 0.900 bits per heavy atom. The summed E-state index contributed by atoms with van der Waals surface area (Å²) in [5.74, 6) is -0.357. The van der Waals surface area contributed by atoms with Crippen LogP contribution in [0.25, 0.3) is 6.08 Å². The quantitative estimate of drug-likeness (QED) is 0.132. The molecule has 0 atom stereocenters. The van der Waals surface area contributed by atoms with Gasteiger partial charge in [0.2, 0.25) is 15.9 Å². The van der Waals surface area contributed by atoms with Crippen molar-refractivity contribution in [3.05, 3.63) is 87.2 Å². The van der Waals surface area contributed by atoms with Crippen molar-refractivity contribution in [1.82, 2.24) is 20.0 Å². The fourth-order valence-corrected chi connectivity index (χ4v) is 4.57. The Morgan fingerprint density at radius 2 is 1.50 bits per heavy atom. The normalized spacial score (nSPS) is 11.8. The van der Waals surface area contributed by atoms with E-state index in [1.165, 1.54) is 30.5 Å². The van der Waals surface area contributed by atoms with Crippen LogP contribution in [0.15, 0.2) is 85.5 Å². The molecule has 12 nitrogen and oxygen atoms in total. The minimum atomic E-state index is -3.64. The Kier molecular flexibility index (Phi) is 11.1. The van der Waals surface area contributed by atoms with Gasteiger partial charge in [-0.05, 0) is 67.4 Å². The van der Waals surface area contributed by atoms with Crippen LogP contribution >= 0.6 is 0 Å². The Balaban J connectivity index is 1.32. The first kappa shape index (κ1) is 30.2. The van der Waals surface area contributed by atoms with Crippen LogP contribution < -0.4 is 26.2 Å². The number of unbranched alkanes of at least 4 members (excludes halogenated alkanes) is 3. The van der Waals surface area contributed by atoms with Crippen LogP contribution in [0.2, 0.25) is 0 Å². The third-order valence-corrected chi connectivity index (χ3v) is 7.23. The van der Waals surface area contributed by atoms with Crippen molar-refractivity contribution >= 4 is 39.1 Å². The minimum absolute atomic E-state index is 0.154. The molecule has 0 aliphatic heterocycles. The van der Waals surface area contributed by atoms with Gasteiger partial charge in [0, 0.05) is 45.1 Å². The van der Waals surface area contributed by atoms with E-state index in [1.807, 2.05) is 43.3 Å². The molecule has 40 heavy (non-hydrogen) atoms. The topological polar surface area (TPSA) is 169 Å². The van der Waals surface area contributed by atoms with Crippen LogP contribution in [0.4, 0.5) is 17.1 Å². The van der Waals surface area contributed by atoms with E-state index in [2.05, 4.69) is 30.2 Å². The lowest BCUT2D eigenvalue weighted by molar-refractivity contribution is -0.116. The van der Waals surface area contributed by atoms with Crippen molar-refractivity contribution in [3.63, 3.8) is 0 Å². The fourth-order valence-electron chi connectivity index (χ4n) is 3.50. The van der Waals surface area contributed by atoms with Gasteiger partial charge in [-0.15, -0.1) is 0 Å². The van der Waals surface area contributed by atoms with Gasteiger partial charge in [-0.2, -0.15) is 10.2 Å². The van der Waals surface area contributed by atoms with E-state index in [0.717, 1.165) is 24.9 Å². The Hall–Kier alpha value is -4.36. The van der Waals surface area contributed by atoms with Crippen molar-refractivity contribution in [3.8, 4) is 0 Å². The smallest absolute Gasteiger partial charge is 0.325 e. The van der Waals surface area contributed by atoms with Gasteiger partial charge < -0.3 is 15.2 Å². The van der Waals surface area contributed by atoms with Crippen LogP contribution in [0.1, 0.15) is 31.2 Å². The molecule has 212 valence electrons. The molecule has 3 rings (SSSR count). The van der Waals surface area contributed by atoms with Crippen molar-refractivity contribution in [2.24, 2.45) is 10.2 Å². The number of aromatic nitrogens is 2. The number of carbonyl (C=O) groups excluding carboxylic acids is 1. The van der Waals surface area contributed by atoms with Crippen molar-refractivity contribution in [2.45, 2.75) is 30.6 Å². The molecule has 0 unspecified atom stereocenters. The summed E-state index contributed by atoms with van der Waals surface area (Å²) in [6.07, 6.45) is 6.74. The van der Waals surface area contributed by atoms with E-state index in [4.69, 9.17) is 0 Å². The number of azo groups is 1. The number of nitrogens with zero attached hydrogens (tertiary/aromatic N) is 3. The van der Waals surface area contributed by atoms with E-state index in [9.17, 15) is 22.8 Å². The molecular formula is C27H33N7O5S. The minimum Gasteiger partial charge on any atom is -0.378 e. The number of nitrogens with one attached hydrogen (secondary N) is 4. The summed E-state index contributed by atoms with van der Waals surface area (Å²) in [6.45, 7) is 0.748. The number of hydrogen-bond donors (Lipinski definition) is 4. The zero-order valence-corrected chi connectivity index (χ0v) is 23.2. The van der Waals surface area contributed by atoms with Crippen molar-refractivity contribution in [1.29, 1.82) is 0 Å². The average molecular weight is 568 g/mol. The van der Waals surface area contributed by atoms with E-state index in [-0.39, 0.29) is 16.4 Å². The molecule has 1 aromatic heterocycles. The summed E-state index contributed by atoms with van der Waals surface area (Å²) in [6, 6.07) is 13.8. The number of carbonyl (C=O) groups is 1. The summed E-state index contributed by atoms with van der Waals surface area (Å²) in [5.41, 5.74) is 1.27. The van der Waals surface area contributed by atoms with Crippen LogP contribution in [-0.4, -0.2) is 51.5 Å². The molecule has 1 amide bonds. The van der Waals surface area contributed by atoms with Crippen LogP contribution in [0.5, 0.6) is 0 Å². The summed E-state index contributed by atoms with van der Waals surface area (Å²) in [7, 11) is 0.278. The summed E-state index contributed by atoms with van der Waals surface area (Å²) < 4.78 is 27.7. The highest BCUT2D eigenvalue weighted by atomic mass is 32.2. The van der Waals surface area contributed by atoms with Crippen molar-refractivity contribution in [2.75, 3.05) is 32.1 Å². The lowest BCUT2D eigenvalue weighted by Gasteiger charge is -2.11. The molecule has 0 aliphatic rings. The number of H-pyrrole nitrogens is 2. The molecule has 1 heterocycles. The first-order valence-corrected chi connectivity index (χ1v) is 14.2. The van der Waals surface area contributed by atoms with Crippen molar-refractivity contribution < 1.29 is 13.2 Å². The van der Waals surface area contributed by atoms with Gasteiger partial charge in [0.25, 0.3) is 5.56 Å². The van der Waals surface area contributed by atoms with Gasteiger partial charge in [0.15, 0.2) is 0 Å². The number of anilines is 1. The predicted octanol–water partition coefficient (Wildman–Crippen LogP) is 3.21. The number of aromatic amines is 2. The Bertz CT molecular complexity index is 1540. The standard InChI is InChI=1S/C27H33N7O5S/c1-34(2)23-12-8-21(9-13-23)32-33-22-10-14-24(15-11-22)40(38,39)30-18-6-4-3-5-17-28-25(35)16-7-20-19-29-27(37)31-26(20)36/h7-16,19,30H,3-6,17-18H2,1-2H3,(H,28,35)(H2,29,31,36,37)/b16-7+,33-32?. The van der Waals surface area contributed by atoms with Crippen LogP contribution in [0, 0.1) is 0 Å². The summed E-state index contributed by atoms with van der Waals surface area (Å²) >= 11 is 0. The molecule has 2 aromatic carbocycles. The van der Waals surface area contributed by atoms with Gasteiger partial charge in [-0.25, -0.2) is 17.9 Å². The molecule has 0 bridgehead atoms. The maximum Gasteiger partial charge on any atom is 0.325 e. The molecule has 0 saturated heterocycles. The Labute approximate surface area is 232 Å². The SMILES string of the molecule is CN(C)c1ccc(N=Nc2ccc(S(=O)(=O)NCCCCCCNC(=O)/C=C/c3c[nH]c(=O)[nH]c3=O)cc2)cc1. The van der Waals surface area contributed by atoms with E-state index in [0.29, 0.717) is 30.9 Å². The zero-order valence-electron chi connectivity index (χ0n) is 22.4. The molecule has 0 spiro atoms. The largest absolute Gasteiger partial charge is 0.378 e. The highest BCUT2D eigenvalue weighted by Crippen LogP contribution is 2.22. The second-order valence-corrected chi connectivity index (χ2v) is 10.8. The van der Waals surface area contributed by atoms with E-state index in [1.54, 1.807) is 12.1 Å². The molecule has 0 radical (unpaired) electrons. The first-order chi connectivity index (χ1) is 19.1. The number of amides is 1. The summed E-state index contributed by atoms with van der Waals surface area (Å²) in [4.78, 5) is 41.0. The van der Waals surface area contributed by atoms with E-state index < -0.39 is 21.3 Å². The van der Waals surface area contributed by atoms with Gasteiger partial charge >= 0.3 is 5.69 Å². The number of rotatable bonds is 14. The molecule has 0 aliphatic carbocycles. The molecule has 0 saturated carbocycles. The van der Waals surface area contributed by atoms with Gasteiger partial charge in [0.05, 0.1) is 21.8 Å². The number of sulfonamides is 1. The number of hydrogen-bond acceptors (Lipinski definition) is 8. The zero-order chi connectivity index (χ0) is 29.0. The third-order valence-electron chi connectivity index (χ3n) is 5.75. The van der Waals surface area contributed by atoms with Gasteiger partial charge in [-0.3, -0.25) is 14.6 Å². The Morgan fingerprint density at radius 3 is 2.10 bits per heavy atom. The van der Waals surface area contributed by atoms with Crippen LogP contribution in [0.3, 0.4) is 0 Å². The molecular weight excluding hydrogens is 534 g/mol. The highest BCUT2D eigenvalue weighted by molar-refractivity contribution is 7.89. The summed E-state index contributed by atoms with van der Waals surface area (Å²) in [5, 5.41) is 11.1. The molecule has 4 N–H and O–H groups in total. The third kappa shape index (κ3) is 9.75. The fraction of sp³-hybridized carbons (Fsp3) is 0.296. The average Bonchev–Trinajstić information content (AvgIpc) is 2.93. The lowest BCUT2D eigenvalue weighted by atomic mass is 10.2. The second-order valence-electron chi connectivity index (χ2n) is 9.07. The first-order valence-electron chi connectivity index (χ1n) is 12.7. The van der Waals surface area contributed by atoms with Gasteiger partial charge in [0.1, 0.15) is 0 Å². The molecule has 3 aromatic rings. The predicted molar refractivity (Wildman–Crippen MR) is 155 cm³/mol.